The summed E-state index contributed by atoms with van der Waals surface area (Å²) in [6.45, 7) is 3.51. The number of pyridine rings is 1. The van der Waals surface area contributed by atoms with Gasteiger partial charge >= 0.3 is 6.01 Å². The molecule has 5 rings (SSSR count). The Kier molecular flexibility index (Phi) is 6.04. The molecule has 3 aliphatic heterocycles. The molecular formula is C21H26ClF2N5O3. The first kappa shape index (κ1) is 21.9. The average Bonchev–Trinajstić information content (AvgIpc) is 3.19. The van der Waals surface area contributed by atoms with E-state index < -0.39 is 12.0 Å². The summed E-state index contributed by atoms with van der Waals surface area (Å²) in [5, 5.41) is 0.167. The number of halogens is 3. The van der Waals surface area contributed by atoms with Gasteiger partial charge in [0.25, 0.3) is 0 Å². The minimum Gasteiger partial charge on any atom is -0.461 e. The third kappa shape index (κ3) is 3.98. The maximum atomic E-state index is 14.9. The fraction of sp³-hybridized carbons (Fsp3) is 0.667. The highest BCUT2D eigenvalue weighted by molar-refractivity contribution is 6.30. The molecule has 3 atom stereocenters. The lowest BCUT2D eigenvalue weighted by molar-refractivity contribution is 0.0286. The topological polar surface area (TPSA) is 72.8 Å². The van der Waals surface area contributed by atoms with Crippen molar-refractivity contribution in [2.45, 2.75) is 37.1 Å². The zero-order chi connectivity index (χ0) is 22.3. The van der Waals surface area contributed by atoms with Crippen LogP contribution in [0.1, 0.15) is 19.3 Å². The minimum atomic E-state index is -0.864. The van der Waals surface area contributed by atoms with Crippen molar-refractivity contribution >= 4 is 28.3 Å². The summed E-state index contributed by atoms with van der Waals surface area (Å²) in [4.78, 5) is 17.0. The first-order valence-corrected chi connectivity index (χ1v) is 11.3. The van der Waals surface area contributed by atoms with Crippen LogP contribution in [0.2, 0.25) is 5.15 Å². The Morgan fingerprint density at radius 2 is 2.19 bits per heavy atom. The molecule has 0 spiro atoms. The molecule has 32 heavy (non-hydrogen) atoms. The molecule has 3 aliphatic rings. The molecule has 1 unspecified atom stereocenters. The van der Waals surface area contributed by atoms with Gasteiger partial charge in [0.2, 0.25) is 0 Å². The molecule has 0 bridgehead atoms. The minimum absolute atomic E-state index is 0.0383. The molecule has 0 N–H and O–H groups in total. The number of hydrogen-bond acceptors (Lipinski definition) is 8. The van der Waals surface area contributed by atoms with Gasteiger partial charge in [-0.25, -0.2) is 13.8 Å². The van der Waals surface area contributed by atoms with Crippen molar-refractivity contribution in [1.29, 1.82) is 0 Å². The number of alkyl halides is 1. The predicted octanol–water partition coefficient (Wildman–Crippen LogP) is 2.62. The van der Waals surface area contributed by atoms with Crippen LogP contribution in [0.15, 0.2) is 6.20 Å². The molecular weight excluding hydrogens is 444 g/mol. The first-order valence-electron chi connectivity index (χ1n) is 10.9. The van der Waals surface area contributed by atoms with E-state index in [-0.39, 0.29) is 34.9 Å². The van der Waals surface area contributed by atoms with Gasteiger partial charge in [-0.2, -0.15) is 9.97 Å². The Bertz CT molecular complexity index is 1000. The van der Waals surface area contributed by atoms with E-state index in [2.05, 4.69) is 19.9 Å². The van der Waals surface area contributed by atoms with E-state index >= 15 is 0 Å². The van der Waals surface area contributed by atoms with Crippen molar-refractivity contribution in [3.05, 3.63) is 17.2 Å². The Hall–Kier alpha value is -1.88. The summed E-state index contributed by atoms with van der Waals surface area (Å²) in [5.74, 6) is -0.242. The summed E-state index contributed by atoms with van der Waals surface area (Å²) < 4.78 is 46.1. The summed E-state index contributed by atoms with van der Waals surface area (Å²) in [6.07, 6.45) is 2.73. The van der Waals surface area contributed by atoms with Crippen molar-refractivity contribution in [2.24, 2.45) is 0 Å². The Balaban J connectivity index is 1.50. The van der Waals surface area contributed by atoms with Crippen molar-refractivity contribution in [3.63, 3.8) is 0 Å². The SMILES string of the molecule is COC1COCCN(c2nc(OC[C@@]34CCCN3C[C@H](F)C4)nc3c(F)c(Cl)ncc23)C1. The second kappa shape index (κ2) is 8.81. The van der Waals surface area contributed by atoms with E-state index in [0.29, 0.717) is 50.5 Å². The smallest absolute Gasteiger partial charge is 0.319 e. The molecule has 8 nitrogen and oxygen atoms in total. The largest absolute Gasteiger partial charge is 0.461 e. The van der Waals surface area contributed by atoms with Crippen LogP contribution < -0.4 is 9.64 Å². The molecule has 5 heterocycles. The van der Waals surface area contributed by atoms with Crippen LogP contribution in [0.5, 0.6) is 6.01 Å². The number of nitrogens with zero attached hydrogens (tertiary/aromatic N) is 5. The van der Waals surface area contributed by atoms with E-state index in [4.69, 9.17) is 25.8 Å². The van der Waals surface area contributed by atoms with Crippen LogP contribution in [-0.4, -0.2) is 90.8 Å². The van der Waals surface area contributed by atoms with Gasteiger partial charge < -0.3 is 19.1 Å². The monoisotopic (exact) mass is 469 g/mol. The van der Waals surface area contributed by atoms with Gasteiger partial charge in [0.1, 0.15) is 24.1 Å². The van der Waals surface area contributed by atoms with Crippen molar-refractivity contribution in [2.75, 3.05) is 58.0 Å². The zero-order valence-corrected chi connectivity index (χ0v) is 18.7. The summed E-state index contributed by atoms with van der Waals surface area (Å²) in [7, 11) is 1.62. The van der Waals surface area contributed by atoms with Crippen LogP contribution in [0.25, 0.3) is 10.9 Å². The van der Waals surface area contributed by atoms with Crippen molar-refractivity contribution in [1.82, 2.24) is 19.9 Å². The highest BCUT2D eigenvalue weighted by atomic mass is 35.5. The zero-order valence-electron chi connectivity index (χ0n) is 17.9. The maximum absolute atomic E-state index is 14.9. The number of rotatable bonds is 5. The number of ether oxygens (including phenoxy) is 3. The molecule has 2 aromatic heterocycles. The van der Waals surface area contributed by atoms with Crippen LogP contribution in [-0.2, 0) is 9.47 Å². The van der Waals surface area contributed by atoms with Crippen LogP contribution in [0.4, 0.5) is 14.6 Å². The lowest BCUT2D eigenvalue weighted by Gasteiger charge is -2.31. The fourth-order valence-electron chi connectivity index (χ4n) is 5.07. The number of aromatic nitrogens is 3. The molecule has 0 amide bonds. The number of methoxy groups -OCH3 is 1. The molecule has 0 aromatic carbocycles. The van der Waals surface area contributed by atoms with Gasteiger partial charge in [0.05, 0.1) is 30.2 Å². The lowest BCUT2D eigenvalue weighted by Crippen LogP contribution is -2.43. The molecule has 0 saturated carbocycles. The normalized spacial score (nSPS) is 28.8. The standard InChI is InChI=1S/C21H26ClF2N5O3/c1-30-14-10-28(5-6-31-11-14)19-15-8-25-18(22)16(24)17(15)26-20(27-19)32-12-21-3-2-4-29(21)9-13(23)7-21/h8,13-14H,2-7,9-12H2,1H3/t13-,14?,21+/m1/s1. The molecule has 0 radical (unpaired) electrons. The summed E-state index contributed by atoms with van der Waals surface area (Å²) in [5.41, 5.74) is -0.316. The maximum Gasteiger partial charge on any atom is 0.319 e. The van der Waals surface area contributed by atoms with Gasteiger partial charge in [-0.3, -0.25) is 4.90 Å². The second-order valence-corrected chi connectivity index (χ2v) is 9.06. The molecule has 3 fully saturated rings. The summed E-state index contributed by atoms with van der Waals surface area (Å²) >= 11 is 5.93. The highest BCUT2D eigenvalue weighted by Crippen LogP contribution is 2.40. The molecule has 174 valence electrons. The van der Waals surface area contributed by atoms with Crippen LogP contribution in [0, 0.1) is 5.82 Å². The average molecular weight is 470 g/mol. The van der Waals surface area contributed by atoms with E-state index in [1.165, 1.54) is 6.20 Å². The van der Waals surface area contributed by atoms with Gasteiger partial charge in [-0.05, 0) is 19.4 Å². The van der Waals surface area contributed by atoms with Gasteiger partial charge in [-0.15, -0.1) is 0 Å². The Labute approximate surface area is 189 Å². The fourth-order valence-corrected chi connectivity index (χ4v) is 5.21. The van der Waals surface area contributed by atoms with Crippen molar-refractivity contribution in [3.8, 4) is 6.01 Å². The van der Waals surface area contributed by atoms with Crippen molar-refractivity contribution < 1.29 is 23.0 Å². The number of hydrogen-bond donors (Lipinski definition) is 0. The van der Waals surface area contributed by atoms with Gasteiger partial charge in [0, 0.05) is 39.4 Å². The van der Waals surface area contributed by atoms with E-state index in [9.17, 15) is 8.78 Å². The lowest BCUT2D eigenvalue weighted by atomic mass is 9.95. The first-order chi connectivity index (χ1) is 15.5. The third-order valence-electron chi connectivity index (χ3n) is 6.70. The van der Waals surface area contributed by atoms with Gasteiger partial charge in [-0.1, -0.05) is 11.6 Å². The molecule has 2 aromatic rings. The molecule has 11 heteroatoms. The number of anilines is 1. The van der Waals surface area contributed by atoms with Crippen LogP contribution in [0.3, 0.4) is 0 Å². The molecule has 3 saturated heterocycles. The third-order valence-corrected chi connectivity index (χ3v) is 6.96. The summed E-state index contributed by atoms with van der Waals surface area (Å²) in [6, 6.07) is 0.0383. The number of fused-ring (bicyclic) bond motifs is 2. The Morgan fingerprint density at radius 3 is 3.03 bits per heavy atom. The molecule has 0 aliphatic carbocycles. The Morgan fingerprint density at radius 1 is 1.31 bits per heavy atom. The van der Waals surface area contributed by atoms with Crippen LogP contribution >= 0.6 is 11.6 Å². The highest BCUT2D eigenvalue weighted by Gasteiger charge is 2.49. The van der Waals surface area contributed by atoms with E-state index in [1.807, 2.05) is 4.90 Å². The quantitative estimate of drug-likeness (QED) is 0.619. The predicted molar refractivity (Wildman–Crippen MR) is 115 cm³/mol. The second-order valence-electron chi connectivity index (χ2n) is 8.70. The van der Waals surface area contributed by atoms with E-state index in [0.717, 1.165) is 19.4 Å². The van der Waals surface area contributed by atoms with Gasteiger partial charge in [0.15, 0.2) is 11.0 Å². The van der Waals surface area contributed by atoms with E-state index in [1.54, 1.807) is 7.11 Å².